The van der Waals surface area contributed by atoms with Crippen molar-refractivity contribution in [1.82, 2.24) is 15.3 Å². The van der Waals surface area contributed by atoms with Crippen LogP contribution in [-0.4, -0.2) is 28.5 Å². The van der Waals surface area contributed by atoms with E-state index in [1.165, 1.54) is 6.33 Å². The van der Waals surface area contributed by atoms with Gasteiger partial charge in [-0.15, -0.1) is 0 Å². The van der Waals surface area contributed by atoms with Crippen LogP contribution >= 0.6 is 0 Å². The topological polar surface area (TPSA) is 113 Å². The van der Waals surface area contributed by atoms with E-state index in [1.807, 2.05) is 6.92 Å². The number of carbonyl (C=O) groups is 1. The molecule has 0 aliphatic carbocycles. The molecule has 0 aliphatic rings. The number of fused-ring (bicyclic) bond motifs is 1. The number of hydrogen-bond acceptors (Lipinski definition) is 5. The molecule has 0 fully saturated rings. The molecule has 1 aromatic carbocycles. The molecule has 2 aromatic rings. The number of aromatic nitrogens is 2. The van der Waals surface area contributed by atoms with Gasteiger partial charge < -0.3 is 21.4 Å². The van der Waals surface area contributed by atoms with E-state index >= 15 is 0 Å². The van der Waals surface area contributed by atoms with Crippen molar-refractivity contribution >= 4 is 28.2 Å². The van der Waals surface area contributed by atoms with Crippen LogP contribution in [0.2, 0.25) is 0 Å². The number of aromatic amines is 1. The minimum absolute atomic E-state index is 0.102. The van der Waals surface area contributed by atoms with Crippen molar-refractivity contribution in [3.05, 3.63) is 28.8 Å². The molecule has 0 aliphatic heterocycles. The van der Waals surface area contributed by atoms with E-state index in [9.17, 15) is 9.59 Å². The molecule has 0 saturated carbocycles. The maximum Gasteiger partial charge on any atom is 0.258 e. The largest absolute Gasteiger partial charge is 0.397 e. The number of rotatable bonds is 5. The maximum absolute atomic E-state index is 11.9. The first-order valence-corrected chi connectivity index (χ1v) is 6.84. The summed E-state index contributed by atoms with van der Waals surface area (Å²) >= 11 is 0. The Balaban J connectivity index is 2.24. The number of H-pyrrole nitrogens is 1. The number of nitrogen functional groups attached to an aromatic ring is 1. The number of amides is 1. The Hall–Kier alpha value is -2.57. The SMILES string of the molecule is CCCNC(=O)C(C)Nc1cc2nc[nH]c(=O)c2cc1N. The molecular weight excluding hydrogens is 270 g/mol. The highest BCUT2D eigenvalue weighted by atomic mass is 16.2. The second-order valence-electron chi connectivity index (χ2n) is 4.85. The van der Waals surface area contributed by atoms with E-state index in [0.717, 1.165) is 6.42 Å². The average Bonchev–Trinajstić information content (AvgIpc) is 2.46. The highest BCUT2D eigenvalue weighted by Crippen LogP contribution is 2.23. The van der Waals surface area contributed by atoms with E-state index in [0.29, 0.717) is 28.8 Å². The molecule has 0 spiro atoms. The van der Waals surface area contributed by atoms with Gasteiger partial charge in [-0.1, -0.05) is 6.92 Å². The van der Waals surface area contributed by atoms with Crippen molar-refractivity contribution in [2.75, 3.05) is 17.6 Å². The maximum atomic E-state index is 11.9. The van der Waals surface area contributed by atoms with Crippen LogP contribution < -0.4 is 21.9 Å². The summed E-state index contributed by atoms with van der Waals surface area (Å²) < 4.78 is 0. The molecule has 112 valence electrons. The molecule has 5 N–H and O–H groups in total. The Labute approximate surface area is 122 Å². The van der Waals surface area contributed by atoms with Gasteiger partial charge in [0, 0.05) is 6.54 Å². The molecule has 1 heterocycles. The summed E-state index contributed by atoms with van der Waals surface area (Å²) in [5, 5.41) is 6.27. The molecule has 0 bridgehead atoms. The lowest BCUT2D eigenvalue weighted by atomic mass is 10.1. The standard InChI is InChI=1S/C14H19N5O2/c1-3-4-16-13(20)8(2)19-12-6-11-9(5-10(12)15)14(21)18-7-17-11/h5-8,19H,3-4,15H2,1-2H3,(H,16,20)(H,17,18,21). The Morgan fingerprint density at radius 3 is 2.95 bits per heavy atom. The normalized spacial score (nSPS) is 12.1. The number of anilines is 2. The van der Waals surface area contributed by atoms with Gasteiger partial charge in [0.15, 0.2) is 0 Å². The first-order valence-electron chi connectivity index (χ1n) is 6.84. The van der Waals surface area contributed by atoms with E-state index in [1.54, 1.807) is 19.1 Å². The van der Waals surface area contributed by atoms with Crippen LogP contribution in [0.25, 0.3) is 10.9 Å². The van der Waals surface area contributed by atoms with E-state index in [-0.39, 0.29) is 11.5 Å². The molecule has 2 rings (SSSR count). The third kappa shape index (κ3) is 3.31. The summed E-state index contributed by atoms with van der Waals surface area (Å²) in [6, 6.07) is 2.79. The number of nitrogens with zero attached hydrogens (tertiary/aromatic N) is 1. The summed E-state index contributed by atoms with van der Waals surface area (Å²) in [4.78, 5) is 30.1. The van der Waals surface area contributed by atoms with E-state index in [4.69, 9.17) is 5.73 Å². The Kier molecular flexibility index (Phi) is 4.42. The summed E-state index contributed by atoms with van der Waals surface area (Å²) in [5.74, 6) is -0.102. The first-order chi connectivity index (χ1) is 10.0. The van der Waals surface area contributed by atoms with Crippen molar-refractivity contribution in [2.24, 2.45) is 0 Å². The van der Waals surface area contributed by atoms with Crippen LogP contribution in [0, 0.1) is 0 Å². The van der Waals surface area contributed by atoms with Gasteiger partial charge in [-0.2, -0.15) is 0 Å². The fourth-order valence-corrected chi connectivity index (χ4v) is 1.96. The lowest BCUT2D eigenvalue weighted by Gasteiger charge is -2.16. The third-order valence-corrected chi connectivity index (χ3v) is 3.13. The van der Waals surface area contributed by atoms with Gasteiger partial charge in [-0.25, -0.2) is 4.98 Å². The van der Waals surface area contributed by atoms with Crippen LogP contribution in [0.5, 0.6) is 0 Å². The highest BCUT2D eigenvalue weighted by molar-refractivity contribution is 5.91. The number of benzene rings is 1. The molecule has 1 amide bonds. The number of nitrogens with two attached hydrogens (primary N) is 1. The quantitative estimate of drug-likeness (QED) is 0.609. The average molecular weight is 289 g/mol. The monoisotopic (exact) mass is 289 g/mol. The van der Waals surface area contributed by atoms with Crippen molar-refractivity contribution in [3.63, 3.8) is 0 Å². The second kappa shape index (κ2) is 6.25. The fraction of sp³-hybridized carbons (Fsp3) is 0.357. The lowest BCUT2D eigenvalue weighted by Crippen LogP contribution is -2.38. The van der Waals surface area contributed by atoms with Gasteiger partial charge >= 0.3 is 0 Å². The summed E-state index contributed by atoms with van der Waals surface area (Å²) in [7, 11) is 0. The number of nitrogens with one attached hydrogen (secondary N) is 3. The first kappa shape index (κ1) is 14.8. The smallest absolute Gasteiger partial charge is 0.258 e. The van der Waals surface area contributed by atoms with Crippen LogP contribution in [-0.2, 0) is 4.79 Å². The van der Waals surface area contributed by atoms with Gasteiger partial charge in [0.25, 0.3) is 5.56 Å². The van der Waals surface area contributed by atoms with Gasteiger partial charge in [-0.05, 0) is 25.5 Å². The summed E-state index contributed by atoms with van der Waals surface area (Å²) in [6.45, 7) is 4.37. The molecular formula is C14H19N5O2. The van der Waals surface area contributed by atoms with Crippen molar-refractivity contribution in [2.45, 2.75) is 26.3 Å². The number of carbonyl (C=O) groups excluding carboxylic acids is 1. The van der Waals surface area contributed by atoms with Gasteiger partial charge in [0.1, 0.15) is 6.04 Å². The Bertz CT molecular complexity index is 710. The minimum atomic E-state index is -0.432. The van der Waals surface area contributed by atoms with Crippen molar-refractivity contribution in [1.29, 1.82) is 0 Å². The molecule has 7 heteroatoms. The Morgan fingerprint density at radius 2 is 2.24 bits per heavy atom. The minimum Gasteiger partial charge on any atom is -0.397 e. The third-order valence-electron chi connectivity index (χ3n) is 3.13. The Morgan fingerprint density at radius 1 is 1.48 bits per heavy atom. The van der Waals surface area contributed by atoms with E-state index < -0.39 is 6.04 Å². The van der Waals surface area contributed by atoms with E-state index in [2.05, 4.69) is 20.6 Å². The molecule has 0 radical (unpaired) electrons. The van der Waals surface area contributed by atoms with Crippen molar-refractivity contribution < 1.29 is 4.79 Å². The highest BCUT2D eigenvalue weighted by Gasteiger charge is 2.14. The molecule has 1 unspecified atom stereocenters. The molecule has 1 aromatic heterocycles. The number of hydrogen-bond donors (Lipinski definition) is 4. The molecule has 1 atom stereocenters. The summed E-state index contributed by atoms with van der Waals surface area (Å²) in [5.41, 5.74) is 7.19. The predicted molar refractivity (Wildman–Crippen MR) is 83.2 cm³/mol. The van der Waals surface area contributed by atoms with Gasteiger partial charge in [0.05, 0.1) is 28.6 Å². The molecule has 21 heavy (non-hydrogen) atoms. The molecule has 7 nitrogen and oxygen atoms in total. The predicted octanol–water partition coefficient (Wildman–Crippen LogP) is 0.832. The van der Waals surface area contributed by atoms with Crippen LogP contribution in [0.15, 0.2) is 23.3 Å². The zero-order valence-corrected chi connectivity index (χ0v) is 12.1. The van der Waals surface area contributed by atoms with Crippen LogP contribution in [0.1, 0.15) is 20.3 Å². The zero-order valence-electron chi connectivity index (χ0n) is 12.1. The second-order valence-corrected chi connectivity index (χ2v) is 4.85. The summed E-state index contributed by atoms with van der Waals surface area (Å²) in [6.07, 6.45) is 2.21. The van der Waals surface area contributed by atoms with Gasteiger partial charge in [0.2, 0.25) is 5.91 Å². The van der Waals surface area contributed by atoms with Crippen LogP contribution in [0.3, 0.4) is 0 Å². The van der Waals surface area contributed by atoms with Gasteiger partial charge in [-0.3, -0.25) is 9.59 Å². The van der Waals surface area contributed by atoms with Crippen molar-refractivity contribution in [3.8, 4) is 0 Å². The lowest BCUT2D eigenvalue weighted by molar-refractivity contribution is -0.121. The van der Waals surface area contributed by atoms with Crippen LogP contribution in [0.4, 0.5) is 11.4 Å². The molecule has 0 saturated heterocycles. The zero-order chi connectivity index (χ0) is 15.4. The fourth-order valence-electron chi connectivity index (χ4n) is 1.96.